The predicted octanol–water partition coefficient (Wildman–Crippen LogP) is 6.24. The fourth-order valence-electron chi connectivity index (χ4n) is 6.02. The van der Waals surface area contributed by atoms with Crippen LogP contribution < -0.4 is 14.9 Å². The Hall–Kier alpha value is -3.82. The number of aromatic nitrogens is 1. The second-order valence-corrected chi connectivity index (χ2v) is 13.4. The number of anilines is 2. The fourth-order valence-corrected chi connectivity index (χ4v) is 6.58. The highest BCUT2D eigenvalue weighted by Crippen LogP contribution is 2.35. The highest BCUT2D eigenvalue weighted by molar-refractivity contribution is 7.92. The third kappa shape index (κ3) is 7.58. The van der Waals surface area contributed by atoms with Gasteiger partial charge in [-0.1, -0.05) is 29.3 Å². The summed E-state index contributed by atoms with van der Waals surface area (Å²) >= 11 is 0. The summed E-state index contributed by atoms with van der Waals surface area (Å²) in [4.78, 5) is 20.4. The van der Waals surface area contributed by atoms with Gasteiger partial charge in [0.2, 0.25) is 10.0 Å². The molecule has 3 N–H and O–H groups in total. The molecule has 43 heavy (non-hydrogen) atoms. The van der Waals surface area contributed by atoms with Crippen molar-refractivity contribution in [3.8, 4) is 11.3 Å². The van der Waals surface area contributed by atoms with Crippen molar-refractivity contribution in [1.82, 2.24) is 15.2 Å². The van der Waals surface area contributed by atoms with Crippen molar-refractivity contribution < 1.29 is 13.2 Å². The first-order valence-electron chi connectivity index (χ1n) is 15.2. The number of carbonyl (C=O) groups excluding carboxylic acids is 1. The molecule has 2 heterocycles. The van der Waals surface area contributed by atoms with Crippen LogP contribution in [-0.4, -0.2) is 63.3 Å². The number of fused-ring (bicyclic) bond motifs is 1. The summed E-state index contributed by atoms with van der Waals surface area (Å²) in [6.45, 7) is 10.3. The van der Waals surface area contributed by atoms with Gasteiger partial charge in [-0.2, -0.15) is 0 Å². The molecule has 9 heteroatoms. The first kappa shape index (κ1) is 30.6. The standard InChI is InChI=1S/C34H43N5O3S/c1-5-38-18-19-39(34(38)40)29-13-14-32-31(23-29)30(33(36-32)27-21-24(2)20-25(3)22-27)15-17-35-16-7-6-8-26-9-11-28(12-10-26)37-43(4,41)42/h9-14,20-23,35-37H,5-8,15-19H2,1-4H3. The number of urea groups is 1. The van der Waals surface area contributed by atoms with Crippen molar-refractivity contribution in [3.05, 3.63) is 82.9 Å². The monoisotopic (exact) mass is 601 g/mol. The quantitative estimate of drug-likeness (QED) is 0.158. The van der Waals surface area contributed by atoms with Crippen molar-refractivity contribution in [2.45, 2.75) is 46.5 Å². The van der Waals surface area contributed by atoms with Gasteiger partial charge in [0.1, 0.15) is 0 Å². The number of unbranched alkanes of at least 4 members (excludes halogenated alkanes) is 1. The SMILES string of the molecule is CCN1CCN(c2ccc3[nH]c(-c4cc(C)cc(C)c4)c(CCNCCCCc4ccc(NS(C)(=O)=O)cc4)c3c2)C1=O. The molecule has 0 spiro atoms. The summed E-state index contributed by atoms with van der Waals surface area (Å²) < 4.78 is 25.3. The Morgan fingerprint density at radius 2 is 1.63 bits per heavy atom. The van der Waals surface area contributed by atoms with E-state index in [0.717, 1.165) is 75.0 Å². The number of nitrogens with one attached hydrogen (secondary N) is 3. The number of sulfonamides is 1. The van der Waals surface area contributed by atoms with E-state index in [9.17, 15) is 13.2 Å². The Morgan fingerprint density at radius 1 is 0.884 bits per heavy atom. The van der Waals surface area contributed by atoms with Crippen molar-refractivity contribution in [2.75, 3.05) is 48.6 Å². The van der Waals surface area contributed by atoms with E-state index in [4.69, 9.17) is 0 Å². The molecule has 4 aromatic rings. The summed E-state index contributed by atoms with van der Waals surface area (Å²) in [5.41, 5.74) is 9.92. The molecular formula is C34H43N5O3S. The normalized spacial score (nSPS) is 13.8. The van der Waals surface area contributed by atoms with Crippen LogP contribution in [0.4, 0.5) is 16.2 Å². The summed E-state index contributed by atoms with van der Waals surface area (Å²) in [7, 11) is -3.26. The Kier molecular flexibility index (Phi) is 9.42. The largest absolute Gasteiger partial charge is 0.354 e. The number of amides is 2. The average molecular weight is 602 g/mol. The van der Waals surface area contributed by atoms with Crippen LogP contribution in [0.1, 0.15) is 42.0 Å². The smallest absolute Gasteiger partial charge is 0.324 e. The zero-order valence-electron chi connectivity index (χ0n) is 25.7. The Bertz CT molecular complexity index is 1680. The van der Waals surface area contributed by atoms with Crippen molar-refractivity contribution in [1.29, 1.82) is 0 Å². The predicted molar refractivity (Wildman–Crippen MR) is 178 cm³/mol. The number of benzene rings is 3. The van der Waals surface area contributed by atoms with Crippen LogP contribution in [0.15, 0.2) is 60.7 Å². The number of hydrogen-bond acceptors (Lipinski definition) is 4. The molecule has 228 valence electrons. The van der Waals surface area contributed by atoms with Crippen LogP contribution in [-0.2, 0) is 22.9 Å². The lowest BCUT2D eigenvalue weighted by atomic mass is 9.99. The number of hydrogen-bond donors (Lipinski definition) is 3. The van der Waals surface area contributed by atoms with E-state index >= 15 is 0 Å². The Labute approximate surface area is 255 Å². The Morgan fingerprint density at radius 3 is 2.30 bits per heavy atom. The van der Waals surface area contributed by atoms with Gasteiger partial charge in [-0.15, -0.1) is 0 Å². The summed E-state index contributed by atoms with van der Waals surface area (Å²) in [5, 5.41) is 4.81. The number of rotatable bonds is 13. The van der Waals surface area contributed by atoms with Crippen molar-refractivity contribution in [2.24, 2.45) is 0 Å². The van der Waals surface area contributed by atoms with Gasteiger partial charge in [-0.05, 0) is 119 Å². The molecule has 2 amide bonds. The average Bonchev–Trinajstić information content (AvgIpc) is 3.51. The minimum absolute atomic E-state index is 0.0802. The molecule has 1 fully saturated rings. The number of likely N-dealkylation sites (N-methyl/N-ethyl adjacent to an activating group) is 1. The van der Waals surface area contributed by atoms with Crippen LogP contribution in [0.25, 0.3) is 22.2 Å². The maximum absolute atomic E-state index is 12.9. The number of aromatic amines is 1. The van der Waals surface area contributed by atoms with Gasteiger partial charge in [0.05, 0.1) is 6.26 Å². The molecule has 0 unspecified atom stereocenters. The molecule has 1 saturated heterocycles. The van der Waals surface area contributed by atoms with Gasteiger partial charge in [0.25, 0.3) is 0 Å². The molecule has 0 atom stereocenters. The van der Waals surface area contributed by atoms with Gasteiger partial charge >= 0.3 is 6.03 Å². The molecule has 0 bridgehead atoms. The molecule has 1 aliphatic heterocycles. The third-order valence-electron chi connectivity index (χ3n) is 8.07. The molecule has 0 saturated carbocycles. The maximum Gasteiger partial charge on any atom is 0.324 e. The molecule has 8 nitrogen and oxygen atoms in total. The lowest BCUT2D eigenvalue weighted by Crippen LogP contribution is -2.31. The third-order valence-corrected chi connectivity index (χ3v) is 8.67. The Balaban J connectivity index is 1.24. The van der Waals surface area contributed by atoms with E-state index in [1.807, 2.05) is 41.0 Å². The highest BCUT2D eigenvalue weighted by atomic mass is 32.2. The van der Waals surface area contributed by atoms with Crippen LogP contribution in [0.3, 0.4) is 0 Å². The molecule has 0 aliphatic carbocycles. The number of carbonyl (C=O) groups is 1. The van der Waals surface area contributed by atoms with Crippen LogP contribution in [0, 0.1) is 13.8 Å². The van der Waals surface area contributed by atoms with E-state index < -0.39 is 10.0 Å². The molecular weight excluding hydrogens is 558 g/mol. The second kappa shape index (κ2) is 13.2. The first-order valence-corrected chi connectivity index (χ1v) is 17.1. The summed E-state index contributed by atoms with van der Waals surface area (Å²) in [6, 6.07) is 20.7. The van der Waals surface area contributed by atoms with E-state index in [-0.39, 0.29) is 6.03 Å². The van der Waals surface area contributed by atoms with E-state index in [1.165, 1.54) is 33.2 Å². The minimum Gasteiger partial charge on any atom is -0.354 e. The first-order chi connectivity index (χ1) is 20.6. The van der Waals surface area contributed by atoms with Gasteiger partial charge < -0.3 is 15.2 Å². The highest BCUT2D eigenvalue weighted by Gasteiger charge is 2.28. The fraction of sp³-hybridized carbons (Fsp3) is 0.382. The number of H-pyrrole nitrogens is 1. The van der Waals surface area contributed by atoms with E-state index in [0.29, 0.717) is 12.2 Å². The van der Waals surface area contributed by atoms with Crippen LogP contribution in [0.5, 0.6) is 0 Å². The number of nitrogens with zero attached hydrogens (tertiary/aromatic N) is 2. The van der Waals surface area contributed by atoms with Crippen molar-refractivity contribution >= 4 is 38.3 Å². The molecule has 0 radical (unpaired) electrons. The van der Waals surface area contributed by atoms with Gasteiger partial charge in [-0.25, -0.2) is 13.2 Å². The summed E-state index contributed by atoms with van der Waals surface area (Å²) in [6.07, 6.45) is 5.08. The molecule has 1 aliphatic rings. The lowest BCUT2D eigenvalue weighted by Gasteiger charge is -2.17. The number of aryl methyl sites for hydroxylation is 3. The van der Waals surface area contributed by atoms with Gasteiger partial charge in [0.15, 0.2) is 0 Å². The van der Waals surface area contributed by atoms with Crippen LogP contribution in [0.2, 0.25) is 0 Å². The van der Waals surface area contributed by atoms with E-state index in [1.54, 1.807) is 0 Å². The topological polar surface area (TPSA) is 97.5 Å². The minimum atomic E-state index is -3.26. The molecule has 3 aromatic carbocycles. The molecule has 1 aromatic heterocycles. The zero-order chi connectivity index (χ0) is 30.6. The molecule has 5 rings (SSSR count). The summed E-state index contributed by atoms with van der Waals surface area (Å²) in [5.74, 6) is 0. The van der Waals surface area contributed by atoms with E-state index in [2.05, 4.69) is 65.3 Å². The lowest BCUT2D eigenvalue weighted by molar-refractivity contribution is 0.223. The second-order valence-electron chi connectivity index (χ2n) is 11.6. The van der Waals surface area contributed by atoms with Crippen molar-refractivity contribution in [3.63, 3.8) is 0 Å². The van der Waals surface area contributed by atoms with Gasteiger partial charge in [0, 0.05) is 47.6 Å². The van der Waals surface area contributed by atoms with Gasteiger partial charge in [-0.3, -0.25) is 9.62 Å². The maximum atomic E-state index is 12.9. The zero-order valence-corrected chi connectivity index (χ0v) is 26.5. The van der Waals surface area contributed by atoms with Crippen LogP contribution >= 0.6 is 0 Å².